The molecule has 0 fully saturated rings. The van der Waals surface area contributed by atoms with Crippen molar-refractivity contribution < 1.29 is 0 Å². The maximum atomic E-state index is 5.59. The van der Waals surface area contributed by atoms with Crippen molar-refractivity contribution in [3.63, 3.8) is 0 Å². The zero-order valence-corrected chi connectivity index (χ0v) is 8.47. The van der Waals surface area contributed by atoms with Gasteiger partial charge in [-0.05, 0) is 6.42 Å². The molecule has 0 amide bonds. The van der Waals surface area contributed by atoms with Gasteiger partial charge in [0.15, 0.2) is 5.82 Å². The van der Waals surface area contributed by atoms with Gasteiger partial charge in [0.05, 0.1) is 0 Å². The summed E-state index contributed by atoms with van der Waals surface area (Å²) in [6.07, 6.45) is 2.69. The molecule has 0 aliphatic heterocycles. The number of hydrogen-bond acceptors (Lipinski definition) is 2. The van der Waals surface area contributed by atoms with Gasteiger partial charge in [0.25, 0.3) is 0 Å². The number of rotatable bonds is 3. The molecule has 4 heteroatoms. The van der Waals surface area contributed by atoms with E-state index in [1.54, 1.807) is 11.0 Å². The lowest BCUT2D eigenvalue weighted by Crippen LogP contribution is -2.18. The van der Waals surface area contributed by atoms with Gasteiger partial charge in [-0.2, -0.15) is 5.10 Å². The van der Waals surface area contributed by atoms with Crippen molar-refractivity contribution in [2.24, 2.45) is 0 Å². The van der Waals surface area contributed by atoms with E-state index in [0.29, 0.717) is 6.00 Å². The Kier molecular flexibility index (Phi) is 2.73. The van der Waals surface area contributed by atoms with E-state index in [1.807, 2.05) is 0 Å². The van der Waals surface area contributed by atoms with Crippen molar-refractivity contribution in [1.82, 2.24) is 14.8 Å². The minimum atomic E-state index is 0.0529. The molecular weight excluding hydrogens is 174 g/mol. The van der Waals surface area contributed by atoms with Gasteiger partial charge in [0.1, 0.15) is 12.3 Å². The minimum Gasteiger partial charge on any atom is -0.238 e. The number of halogens is 1. The quantitative estimate of drug-likeness (QED) is 0.679. The molecule has 0 aliphatic carbocycles. The van der Waals surface area contributed by atoms with Gasteiger partial charge < -0.3 is 0 Å². The Bertz CT molecular complexity index is 255. The van der Waals surface area contributed by atoms with Crippen LogP contribution in [0.4, 0.5) is 0 Å². The van der Waals surface area contributed by atoms with Gasteiger partial charge in [0.2, 0.25) is 0 Å². The van der Waals surface area contributed by atoms with Gasteiger partial charge in [-0.15, -0.1) is 11.6 Å². The monoisotopic (exact) mass is 187 g/mol. The topological polar surface area (TPSA) is 30.7 Å². The second-order valence-electron chi connectivity index (χ2n) is 3.46. The maximum Gasteiger partial charge on any atom is 0.156 e. The normalized spacial score (nSPS) is 12.0. The summed E-state index contributed by atoms with van der Waals surface area (Å²) in [7, 11) is 0. The number of nitrogens with zero attached hydrogens (tertiary/aromatic N) is 3. The third-order valence-electron chi connectivity index (χ3n) is 2.15. The summed E-state index contributed by atoms with van der Waals surface area (Å²) in [5, 5.41) is 4.24. The Balaban J connectivity index is 2.88. The van der Waals surface area contributed by atoms with Crippen molar-refractivity contribution in [2.45, 2.75) is 38.6 Å². The molecule has 0 saturated heterocycles. The lowest BCUT2D eigenvalue weighted by molar-refractivity contribution is 0.469. The zero-order chi connectivity index (χ0) is 9.19. The van der Waals surface area contributed by atoms with E-state index < -0.39 is 0 Å². The van der Waals surface area contributed by atoms with Gasteiger partial charge in [0, 0.05) is 5.41 Å². The fourth-order valence-corrected chi connectivity index (χ4v) is 0.936. The van der Waals surface area contributed by atoms with Crippen molar-refractivity contribution in [3.8, 4) is 0 Å². The Morgan fingerprint density at radius 3 is 2.67 bits per heavy atom. The van der Waals surface area contributed by atoms with Gasteiger partial charge >= 0.3 is 0 Å². The molecule has 0 radical (unpaired) electrons. The Morgan fingerprint density at radius 2 is 2.25 bits per heavy atom. The first-order valence-electron chi connectivity index (χ1n) is 4.06. The van der Waals surface area contributed by atoms with E-state index in [4.69, 9.17) is 11.6 Å². The first kappa shape index (κ1) is 9.52. The highest BCUT2D eigenvalue weighted by molar-refractivity contribution is 6.15. The van der Waals surface area contributed by atoms with Crippen LogP contribution in [0, 0.1) is 0 Å². The van der Waals surface area contributed by atoms with E-state index >= 15 is 0 Å². The third-order valence-corrected chi connectivity index (χ3v) is 2.39. The fraction of sp³-hybridized carbons (Fsp3) is 0.750. The molecule has 0 saturated carbocycles. The lowest BCUT2D eigenvalue weighted by atomic mass is 9.90. The second-order valence-corrected chi connectivity index (χ2v) is 3.70. The summed E-state index contributed by atoms with van der Waals surface area (Å²) in [6, 6.07) is 0.368. The predicted octanol–water partition coefficient (Wildman–Crippen LogP) is 2.16. The van der Waals surface area contributed by atoms with Crippen LogP contribution >= 0.6 is 11.6 Å². The Morgan fingerprint density at radius 1 is 1.58 bits per heavy atom. The molecule has 1 rings (SSSR count). The van der Waals surface area contributed by atoms with Crippen molar-refractivity contribution in [1.29, 1.82) is 0 Å². The molecule has 3 nitrogen and oxygen atoms in total. The molecular formula is C8H14ClN3. The Labute approximate surface area is 77.8 Å². The van der Waals surface area contributed by atoms with E-state index in [1.165, 1.54) is 0 Å². The number of hydrogen-bond donors (Lipinski definition) is 0. The highest BCUT2D eigenvalue weighted by Gasteiger charge is 2.22. The largest absolute Gasteiger partial charge is 0.238 e. The lowest BCUT2D eigenvalue weighted by Gasteiger charge is -2.17. The summed E-state index contributed by atoms with van der Waals surface area (Å²) in [6.45, 7) is 6.38. The molecule has 0 N–H and O–H groups in total. The molecule has 0 spiro atoms. The SMILES string of the molecule is CCC(C)(C)c1ncn(CCl)n1. The molecule has 68 valence electrons. The van der Waals surface area contributed by atoms with Crippen LogP contribution < -0.4 is 0 Å². The maximum absolute atomic E-state index is 5.59. The van der Waals surface area contributed by atoms with Crippen LogP contribution in [-0.2, 0) is 11.4 Å². The molecule has 0 unspecified atom stereocenters. The molecule has 0 aromatic carbocycles. The standard InChI is InChI=1S/C8H14ClN3/c1-4-8(2,3)7-10-6-12(5-9)11-7/h6H,4-5H2,1-3H3. The number of alkyl halides is 1. The average molecular weight is 188 g/mol. The molecule has 0 atom stereocenters. The van der Waals surface area contributed by atoms with Crippen LogP contribution in [0.25, 0.3) is 0 Å². The first-order valence-corrected chi connectivity index (χ1v) is 4.59. The molecule has 0 bridgehead atoms. The minimum absolute atomic E-state index is 0.0529. The van der Waals surface area contributed by atoms with Gasteiger partial charge in [-0.3, -0.25) is 0 Å². The summed E-state index contributed by atoms with van der Waals surface area (Å²) in [5.41, 5.74) is 0.0529. The van der Waals surface area contributed by atoms with E-state index in [0.717, 1.165) is 12.2 Å². The Hall–Kier alpha value is -0.570. The van der Waals surface area contributed by atoms with E-state index in [-0.39, 0.29) is 5.41 Å². The molecule has 0 aliphatic rings. The van der Waals surface area contributed by atoms with Gasteiger partial charge in [-0.1, -0.05) is 20.8 Å². The van der Waals surface area contributed by atoms with Crippen molar-refractivity contribution >= 4 is 11.6 Å². The third kappa shape index (κ3) is 1.78. The van der Waals surface area contributed by atoms with Crippen LogP contribution in [0.2, 0.25) is 0 Å². The summed E-state index contributed by atoms with van der Waals surface area (Å²) in [5.74, 6) is 0.866. The molecule has 12 heavy (non-hydrogen) atoms. The van der Waals surface area contributed by atoms with E-state index in [9.17, 15) is 0 Å². The average Bonchev–Trinajstić information content (AvgIpc) is 2.52. The fourth-order valence-electron chi connectivity index (χ4n) is 0.820. The van der Waals surface area contributed by atoms with E-state index in [2.05, 4.69) is 30.9 Å². The van der Waals surface area contributed by atoms with Crippen LogP contribution in [0.15, 0.2) is 6.33 Å². The number of aromatic nitrogens is 3. The van der Waals surface area contributed by atoms with Crippen molar-refractivity contribution in [2.75, 3.05) is 0 Å². The van der Waals surface area contributed by atoms with Crippen LogP contribution in [0.5, 0.6) is 0 Å². The van der Waals surface area contributed by atoms with Crippen molar-refractivity contribution in [3.05, 3.63) is 12.2 Å². The summed E-state index contributed by atoms with van der Waals surface area (Å²) in [4.78, 5) is 4.20. The second kappa shape index (κ2) is 3.44. The predicted molar refractivity (Wildman–Crippen MR) is 49.2 cm³/mol. The zero-order valence-electron chi connectivity index (χ0n) is 7.71. The highest BCUT2D eigenvalue weighted by Crippen LogP contribution is 2.22. The van der Waals surface area contributed by atoms with Crippen LogP contribution in [0.3, 0.4) is 0 Å². The van der Waals surface area contributed by atoms with Crippen LogP contribution in [0.1, 0.15) is 33.0 Å². The molecule has 1 heterocycles. The molecule has 1 aromatic rings. The highest BCUT2D eigenvalue weighted by atomic mass is 35.5. The smallest absolute Gasteiger partial charge is 0.156 e. The van der Waals surface area contributed by atoms with Gasteiger partial charge in [-0.25, -0.2) is 9.67 Å². The summed E-state index contributed by atoms with van der Waals surface area (Å²) < 4.78 is 1.63. The van der Waals surface area contributed by atoms with Crippen LogP contribution in [-0.4, -0.2) is 14.8 Å². The first-order chi connectivity index (χ1) is 5.60. The molecule has 1 aromatic heterocycles. The summed E-state index contributed by atoms with van der Waals surface area (Å²) >= 11 is 5.59.